The number of para-hydroxylation sites is 2. The number of anilines is 3. The maximum atomic E-state index is 13.7. The van der Waals surface area contributed by atoms with Crippen LogP contribution in [0, 0.1) is 0 Å². The summed E-state index contributed by atoms with van der Waals surface area (Å²) in [5.41, 5.74) is 0.847. The highest BCUT2D eigenvalue weighted by Gasteiger charge is 2.29. The topological polar surface area (TPSA) is 122 Å². The van der Waals surface area contributed by atoms with Crippen LogP contribution in [0.5, 0.6) is 5.75 Å². The molecular formula is C28H25BrClN3O6S2. The zero-order valence-electron chi connectivity index (χ0n) is 21.6. The fourth-order valence-corrected chi connectivity index (χ4v) is 6.64. The van der Waals surface area contributed by atoms with Gasteiger partial charge in [0.15, 0.2) is 0 Å². The molecule has 9 nitrogen and oxygen atoms in total. The lowest BCUT2D eigenvalue weighted by Crippen LogP contribution is -2.38. The van der Waals surface area contributed by atoms with Gasteiger partial charge >= 0.3 is 0 Å². The molecule has 4 aromatic carbocycles. The Hall–Kier alpha value is -3.58. The van der Waals surface area contributed by atoms with Gasteiger partial charge in [0.05, 0.1) is 22.1 Å². The molecule has 0 saturated heterocycles. The van der Waals surface area contributed by atoms with Gasteiger partial charge in [-0.25, -0.2) is 16.8 Å². The lowest BCUT2D eigenvalue weighted by molar-refractivity contribution is -0.114. The van der Waals surface area contributed by atoms with Gasteiger partial charge in [0.1, 0.15) is 12.3 Å². The molecule has 4 aromatic rings. The fourth-order valence-electron chi connectivity index (χ4n) is 3.75. The lowest BCUT2D eigenvalue weighted by Gasteiger charge is -2.26. The van der Waals surface area contributed by atoms with Crippen LogP contribution in [-0.2, 0) is 24.8 Å². The Bertz CT molecular complexity index is 1730. The van der Waals surface area contributed by atoms with Gasteiger partial charge in [-0.15, -0.1) is 0 Å². The molecule has 0 unspecified atom stereocenters. The molecule has 0 fully saturated rings. The van der Waals surface area contributed by atoms with Gasteiger partial charge in [-0.3, -0.25) is 13.8 Å². The number of sulfonamides is 2. The number of hydrogen-bond acceptors (Lipinski definition) is 6. The molecule has 0 aromatic heterocycles. The van der Waals surface area contributed by atoms with E-state index < -0.39 is 32.5 Å². The van der Waals surface area contributed by atoms with Crippen molar-refractivity contribution in [2.24, 2.45) is 0 Å². The van der Waals surface area contributed by atoms with E-state index in [1.54, 1.807) is 55.5 Å². The second kappa shape index (κ2) is 12.9. The first-order valence-corrected chi connectivity index (χ1v) is 16.3. The Morgan fingerprint density at radius 3 is 2.05 bits per heavy atom. The van der Waals surface area contributed by atoms with Crippen LogP contribution in [0.3, 0.4) is 0 Å². The van der Waals surface area contributed by atoms with Crippen molar-refractivity contribution >= 4 is 70.5 Å². The van der Waals surface area contributed by atoms with E-state index in [1.807, 2.05) is 0 Å². The van der Waals surface area contributed by atoms with Crippen molar-refractivity contribution in [1.82, 2.24) is 0 Å². The zero-order valence-corrected chi connectivity index (χ0v) is 25.6. The predicted octanol–water partition coefficient (Wildman–Crippen LogP) is 6.14. The second-order valence-corrected chi connectivity index (χ2v) is 13.4. The molecule has 0 aliphatic rings. The predicted molar refractivity (Wildman–Crippen MR) is 164 cm³/mol. The quantitative estimate of drug-likeness (QED) is 0.197. The minimum absolute atomic E-state index is 0.0176. The van der Waals surface area contributed by atoms with Crippen molar-refractivity contribution in [3.8, 4) is 5.75 Å². The van der Waals surface area contributed by atoms with Gasteiger partial charge < -0.3 is 10.1 Å². The summed E-state index contributed by atoms with van der Waals surface area (Å²) in [5, 5.41) is 3.00. The molecule has 0 radical (unpaired) electrons. The first-order valence-electron chi connectivity index (χ1n) is 12.2. The van der Waals surface area contributed by atoms with Crippen LogP contribution < -0.4 is 19.1 Å². The summed E-state index contributed by atoms with van der Waals surface area (Å²) in [6, 6.07) is 24.3. The second-order valence-electron chi connectivity index (χ2n) is 8.55. The Balaban J connectivity index is 1.56. The third-order valence-electron chi connectivity index (χ3n) is 5.67. The Labute approximate surface area is 252 Å². The van der Waals surface area contributed by atoms with Crippen LogP contribution in [0.2, 0.25) is 5.02 Å². The van der Waals surface area contributed by atoms with Gasteiger partial charge in [0.25, 0.3) is 20.0 Å². The van der Waals surface area contributed by atoms with Crippen LogP contribution >= 0.6 is 27.5 Å². The van der Waals surface area contributed by atoms with Crippen LogP contribution in [0.4, 0.5) is 17.1 Å². The average Bonchev–Trinajstić information content (AvgIpc) is 2.94. The Kier molecular flexibility index (Phi) is 9.59. The summed E-state index contributed by atoms with van der Waals surface area (Å²) in [6.07, 6.45) is 0. The van der Waals surface area contributed by atoms with E-state index in [0.717, 1.165) is 8.78 Å². The summed E-state index contributed by atoms with van der Waals surface area (Å²) in [5.74, 6) is -0.370. The van der Waals surface area contributed by atoms with Crippen LogP contribution in [0.15, 0.2) is 111 Å². The molecule has 0 aliphatic carbocycles. The molecular weight excluding hydrogens is 654 g/mol. The molecule has 0 heterocycles. The van der Waals surface area contributed by atoms with Crippen molar-refractivity contribution < 1.29 is 26.4 Å². The fraction of sp³-hybridized carbons (Fsp3) is 0.107. The first-order chi connectivity index (χ1) is 19.5. The van der Waals surface area contributed by atoms with Gasteiger partial charge in [-0.05, 0) is 91.9 Å². The summed E-state index contributed by atoms with van der Waals surface area (Å²) in [4.78, 5) is 13.1. The van der Waals surface area contributed by atoms with E-state index in [9.17, 15) is 21.6 Å². The summed E-state index contributed by atoms with van der Waals surface area (Å²) in [6.45, 7) is 1.46. The molecule has 0 saturated carbocycles. The standard InChI is InChI=1S/C28H25BrClN3O6S2/c1-2-39-27-6-4-3-5-26(27)33(41(37,38)25-15-9-21(30)10-16-25)19-28(34)31-22-13-17-24(18-14-22)40(35,36)32-23-11-7-20(29)8-12-23/h3-18,32H,2,19H2,1H3,(H,31,34). The van der Waals surface area contributed by atoms with E-state index in [-0.39, 0.29) is 33.5 Å². The molecule has 0 bridgehead atoms. The van der Waals surface area contributed by atoms with Crippen molar-refractivity contribution in [3.63, 3.8) is 0 Å². The largest absolute Gasteiger partial charge is 0.492 e. The highest BCUT2D eigenvalue weighted by Crippen LogP contribution is 2.33. The van der Waals surface area contributed by atoms with Crippen LogP contribution in [0.25, 0.3) is 0 Å². The third kappa shape index (κ3) is 7.59. The number of hydrogen-bond donors (Lipinski definition) is 2. The summed E-state index contributed by atoms with van der Waals surface area (Å²) in [7, 11) is -8.09. The number of benzene rings is 4. The van der Waals surface area contributed by atoms with E-state index in [1.165, 1.54) is 48.5 Å². The van der Waals surface area contributed by atoms with E-state index in [2.05, 4.69) is 26.0 Å². The van der Waals surface area contributed by atoms with Crippen molar-refractivity contribution in [2.45, 2.75) is 16.7 Å². The maximum Gasteiger partial charge on any atom is 0.264 e. The van der Waals surface area contributed by atoms with Crippen molar-refractivity contribution in [3.05, 3.63) is 107 Å². The van der Waals surface area contributed by atoms with Crippen molar-refractivity contribution in [1.29, 1.82) is 0 Å². The number of rotatable bonds is 11. The SMILES string of the molecule is CCOc1ccccc1N(CC(=O)Nc1ccc(S(=O)(=O)Nc2ccc(Br)cc2)cc1)S(=O)(=O)c1ccc(Cl)cc1. The number of carbonyl (C=O) groups excluding carboxylic acids is 1. The summed E-state index contributed by atoms with van der Waals surface area (Å²) >= 11 is 9.25. The van der Waals surface area contributed by atoms with E-state index >= 15 is 0 Å². The van der Waals surface area contributed by atoms with Gasteiger partial charge in [-0.1, -0.05) is 39.7 Å². The zero-order chi connectivity index (χ0) is 29.6. The molecule has 0 spiro atoms. The molecule has 214 valence electrons. The number of carbonyl (C=O) groups is 1. The molecule has 13 heteroatoms. The molecule has 2 N–H and O–H groups in total. The van der Waals surface area contributed by atoms with E-state index in [0.29, 0.717) is 10.7 Å². The number of halogens is 2. The maximum absolute atomic E-state index is 13.7. The lowest BCUT2D eigenvalue weighted by atomic mass is 10.3. The Morgan fingerprint density at radius 1 is 0.829 bits per heavy atom. The first kappa shape index (κ1) is 30.4. The molecule has 0 aliphatic heterocycles. The highest BCUT2D eigenvalue weighted by atomic mass is 79.9. The van der Waals surface area contributed by atoms with Crippen LogP contribution in [0.1, 0.15) is 6.92 Å². The molecule has 4 rings (SSSR count). The minimum atomic E-state index is -4.21. The van der Waals surface area contributed by atoms with Gasteiger partial charge in [0, 0.05) is 20.9 Å². The normalized spacial score (nSPS) is 11.5. The highest BCUT2D eigenvalue weighted by molar-refractivity contribution is 9.10. The molecule has 0 atom stereocenters. The number of amides is 1. The van der Waals surface area contributed by atoms with E-state index in [4.69, 9.17) is 16.3 Å². The Morgan fingerprint density at radius 2 is 1.41 bits per heavy atom. The minimum Gasteiger partial charge on any atom is -0.492 e. The van der Waals surface area contributed by atoms with Crippen molar-refractivity contribution in [2.75, 3.05) is 27.5 Å². The number of nitrogens with one attached hydrogen (secondary N) is 2. The number of nitrogens with zero attached hydrogens (tertiary/aromatic N) is 1. The molecule has 1 amide bonds. The monoisotopic (exact) mass is 677 g/mol. The van der Waals surface area contributed by atoms with Crippen LogP contribution in [-0.4, -0.2) is 35.9 Å². The average molecular weight is 679 g/mol. The van der Waals surface area contributed by atoms with Gasteiger partial charge in [0.2, 0.25) is 5.91 Å². The smallest absolute Gasteiger partial charge is 0.264 e. The molecule has 41 heavy (non-hydrogen) atoms. The summed E-state index contributed by atoms with van der Waals surface area (Å²) < 4.78 is 62.8. The number of ether oxygens (including phenoxy) is 1. The third-order valence-corrected chi connectivity index (χ3v) is 9.62. The van der Waals surface area contributed by atoms with Gasteiger partial charge in [-0.2, -0.15) is 0 Å².